The van der Waals surface area contributed by atoms with E-state index in [-0.39, 0.29) is 17.7 Å². The molecule has 0 aliphatic rings. The summed E-state index contributed by atoms with van der Waals surface area (Å²) in [5.41, 5.74) is 1.78. The van der Waals surface area contributed by atoms with Gasteiger partial charge in [-0.3, -0.25) is 4.99 Å². The minimum atomic E-state index is -0.349. The molecule has 0 amide bonds. The van der Waals surface area contributed by atoms with E-state index in [0.717, 1.165) is 0 Å². The second-order valence-electron chi connectivity index (χ2n) is 4.47. The summed E-state index contributed by atoms with van der Waals surface area (Å²) in [5, 5.41) is 0. The predicted octanol–water partition coefficient (Wildman–Crippen LogP) is 4.38. The summed E-state index contributed by atoms with van der Waals surface area (Å²) in [6.07, 6.45) is 1.68. The maximum absolute atomic E-state index is 13.4. The van der Waals surface area contributed by atoms with Crippen molar-refractivity contribution in [3.63, 3.8) is 0 Å². The fourth-order valence-electron chi connectivity index (χ4n) is 1.84. The van der Waals surface area contributed by atoms with Crippen LogP contribution in [0.4, 0.5) is 8.78 Å². The number of nitrogens with zero attached hydrogens (tertiary/aromatic N) is 1. The standard InChI is InChI=1S/C17H15F2N/c1-3-12(2)20-17(13-6-4-8-15(18)10-13)14-7-5-9-16(19)11-14/h3-12H,1H2,2H3. The molecule has 20 heavy (non-hydrogen) atoms. The Kier molecular flexibility index (Phi) is 4.41. The highest BCUT2D eigenvalue weighted by Gasteiger charge is 2.10. The van der Waals surface area contributed by atoms with Crippen molar-refractivity contribution >= 4 is 5.71 Å². The second-order valence-corrected chi connectivity index (χ2v) is 4.47. The van der Waals surface area contributed by atoms with Gasteiger partial charge in [-0.05, 0) is 31.2 Å². The topological polar surface area (TPSA) is 12.4 Å². The number of rotatable bonds is 4. The molecule has 1 atom stereocenters. The van der Waals surface area contributed by atoms with Crippen molar-refractivity contribution in [1.82, 2.24) is 0 Å². The van der Waals surface area contributed by atoms with Gasteiger partial charge in [0.25, 0.3) is 0 Å². The van der Waals surface area contributed by atoms with Gasteiger partial charge >= 0.3 is 0 Å². The van der Waals surface area contributed by atoms with E-state index in [1.165, 1.54) is 24.3 Å². The first kappa shape index (κ1) is 14.1. The molecule has 1 unspecified atom stereocenters. The van der Waals surface area contributed by atoms with Gasteiger partial charge in [-0.25, -0.2) is 8.78 Å². The molecule has 0 aliphatic carbocycles. The van der Waals surface area contributed by atoms with Crippen LogP contribution in [0, 0.1) is 11.6 Å². The fourth-order valence-corrected chi connectivity index (χ4v) is 1.84. The van der Waals surface area contributed by atoms with E-state index in [4.69, 9.17) is 0 Å². The third-order valence-corrected chi connectivity index (χ3v) is 2.87. The molecule has 0 saturated carbocycles. The van der Waals surface area contributed by atoms with Crippen LogP contribution in [-0.2, 0) is 0 Å². The number of halogens is 2. The van der Waals surface area contributed by atoms with E-state index in [0.29, 0.717) is 16.8 Å². The monoisotopic (exact) mass is 271 g/mol. The van der Waals surface area contributed by atoms with E-state index in [1.54, 1.807) is 30.3 Å². The highest BCUT2D eigenvalue weighted by Crippen LogP contribution is 2.15. The molecule has 0 bridgehead atoms. The van der Waals surface area contributed by atoms with Crippen LogP contribution in [0.2, 0.25) is 0 Å². The molecule has 0 heterocycles. The average molecular weight is 271 g/mol. The maximum atomic E-state index is 13.4. The van der Waals surface area contributed by atoms with Crippen molar-refractivity contribution in [1.29, 1.82) is 0 Å². The second kappa shape index (κ2) is 6.24. The Bertz CT molecular complexity index is 599. The highest BCUT2D eigenvalue weighted by molar-refractivity contribution is 6.13. The SMILES string of the molecule is C=CC(C)N=C(c1cccc(F)c1)c1cccc(F)c1. The first-order valence-electron chi connectivity index (χ1n) is 6.32. The van der Waals surface area contributed by atoms with Crippen molar-refractivity contribution in [3.8, 4) is 0 Å². The molecule has 3 heteroatoms. The van der Waals surface area contributed by atoms with E-state index in [2.05, 4.69) is 11.6 Å². The fraction of sp³-hybridized carbons (Fsp3) is 0.118. The van der Waals surface area contributed by atoms with Gasteiger partial charge in [0.2, 0.25) is 0 Å². The zero-order chi connectivity index (χ0) is 14.5. The Morgan fingerprint density at radius 1 is 1.05 bits per heavy atom. The quantitative estimate of drug-likeness (QED) is 0.578. The lowest BCUT2D eigenvalue weighted by Gasteiger charge is -2.10. The molecule has 0 aliphatic heterocycles. The molecule has 0 radical (unpaired) electrons. The molecule has 102 valence electrons. The summed E-state index contributed by atoms with van der Waals surface area (Å²) in [6.45, 7) is 5.55. The minimum Gasteiger partial charge on any atom is -0.277 e. The highest BCUT2D eigenvalue weighted by atomic mass is 19.1. The Morgan fingerprint density at radius 2 is 1.55 bits per heavy atom. The molecular formula is C17H15F2N. The summed E-state index contributed by atoms with van der Waals surface area (Å²) in [4.78, 5) is 4.48. The Labute approximate surface area is 117 Å². The lowest BCUT2D eigenvalue weighted by Crippen LogP contribution is -2.08. The molecule has 0 spiro atoms. The molecular weight excluding hydrogens is 256 g/mol. The van der Waals surface area contributed by atoms with Gasteiger partial charge in [0, 0.05) is 11.1 Å². The number of hydrogen-bond donors (Lipinski definition) is 0. The van der Waals surface area contributed by atoms with Crippen molar-refractivity contribution in [3.05, 3.63) is 83.9 Å². The van der Waals surface area contributed by atoms with Crippen molar-refractivity contribution in [2.24, 2.45) is 4.99 Å². The molecule has 2 aromatic rings. The summed E-state index contributed by atoms with van der Waals surface area (Å²) >= 11 is 0. The molecule has 0 N–H and O–H groups in total. The number of hydrogen-bond acceptors (Lipinski definition) is 1. The van der Waals surface area contributed by atoms with E-state index in [9.17, 15) is 8.78 Å². The van der Waals surface area contributed by atoms with Crippen LogP contribution in [-0.4, -0.2) is 11.8 Å². The van der Waals surface area contributed by atoms with Gasteiger partial charge < -0.3 is 0 Å². The third-order valence-electron chi connectivity index (χ3n) is 2.87. The van der Waals surface area contributed by atoms with Crippen LogP contribution in [0.5, 0.6) is 0 Å². The first-order valence-corrected chi connectivity index (χ1v) is 6.32. The summed E-state index contributed by atoms with van der Waals surface area (Å²) in [7, 11) is 0. The van der Waals surface area contributed by atoms with Gasteiger partial charge in [-0.2, -0.15) is 0 Å². The lowest BCUT2D eigenvalue weighted by atomic mass is 10.0. The Morgan fingerprint density at radius 3 is 1.95 bits per heavy atom. The lowest BCUT2D eigenvalue weighted by molar-refractivity contribution is 0.627. The zero-order valence-corrected chi connectivity index (χ0v) is 11.2. The van der Waals surface area contributed by atoms with Crippen molar-refractivity contribution in [2.45, 2.75) is 13.0 Å². The molecule has 0 saturated heterocycles. The van der Waals surface area contributed by atoms with E-state index < -0.39 is 0 Å². The minimum absolute atomic E-state index is 0.142. The molecule has 0 aromatic heterocycles. The van der Waals surface area contributed by atoms with Gasteiger partial charge in [0.05, 0.1) is 11.8 Å². The predicted molar refractivity (Wildman–Crippen MR) is 78.1 cm³/mol. The van der Waals surface area contributed by atoms with Crippen LogP contribution < -0.4 is 0 Å². The molecule has 1 nitrogen and oxygen atoms in total. The first-order chi connectivity index (χ1) is 9.60. The number of aliphatic imine (C=N–C) groups is 1. The molecule has 2 rings (SSSR count). The zero-order valence-electron chi connectivity index (χ0n) is 11.2. The van der Waals surface area contributed by atoms with Crippen molar-refractivity contribution < 1.29 is 8.78 Å². The largest absolute Gasteiger partial charge is 0.277 e. The van der Waals surface area contributed by atoms with E-state index >= 15 is 0 Å². The van der Waals surface area contributed by atoms with Gasteiger partial charge in [0.15, 0.2) is 0 Å². The van der Waals surface area contributed by atoms with Gasteiger partial charge in [-0.15, -0.1) is 6.58 Å². The van der Waals surface area contributed by atoms with Crippen LogP contribution in [0.3, 0.4) is 0 Å². The van der Waals surface area contributed by atoms with Crippen molar-refractivity contribution in [2.75, 3.05) is 0 Å². The molecule has 0 fully saturated rings. The summed E-state index contributed by atoms with van der Waals surface area (Å²) < 4.78 is 26.8. The van der Waals surface area contributed by atoms with E-state index in [1.807, 2.05) is 6.92 Å². The average Bonchev–Trinajstić information content (AvgIpc) is 2.44. The normalized spacial score (nSPS) is 11.8. The van der Waals surface area contributed by atoms with Crippen LogP contribution in [0.1, 0.15) is 18.1 Å². The third kappa shape index (κ3) is 3.38. The summed E-state index contributed by atoms with van der Waals surface area (Å²) in [6, 6.07) is 12.1. The molecule has 2 aromatic carbocycles. The van der Waals surface area contributed by atoms with Gasteiger partial charge in [0.1, 0.15) is 11.6 Å². The van der Waals surface area contributed by atoms with Gasteiger partial charge in [-0.1, -0.05) is 30.3 Å². The summed E-state index contributed by atoms with van der Waals surface area (Å²) in [5.74, 6) is -0.698. The maximum Gasteiger partial charge on any atom is 0.123 e. The van der Waals surface area contributed by atoms with Crippen LogP contribution in [0.25, 0.3) is 0 Å². The Hall–Kier alpha value is -2.29. The van der Waals surface area contributed by atoms with Crippen LogP contribution >= 0.6 is 0 Å². The smallest absolute Gasteiger partial charge is 0.123 e. The Balaban J connectivity index is 2.56. The number of benzene rings is 2. The van der Waals surface area contributed by atoms with Crippen LogP contribution in [0.15, 0.2) is 66.2 Å².